The fraction of sp³-hybridized carbons (Fsp3) is 0.226. The van der Waals surface area contributed by atoms with Crippen LogP contribution in [0.4, 0.5) is 0 Å². The fourth-order valence-electron chi connectivity index (χ4n) is 4.05. The largest absolute Gasteiger partial charge is 1.00 e. The van der Waals surface area contributed by atoms with Gasteiger partial charge in [0.15, 0.2) is 0 Å². The predicted octanol–water partition coefficient (Wildman–Crippen LogP) is 3.23. The van der Waals surface area contributed by atoms with Gasteiger partial charge in [-0.25, -0.2) is 0 Å². The van der Waals surface area contributed by atoms with Crippen LogP contribution in [0.3, 0.4) is 0 Å². The molecule has 0 radical (unpaired) electrons. The van der Waals surface area contributed by atoms with Crippen LogP contribution in [0.25, 0.3) is 32.7 Å². The van der Waals surface area contributed by atoms with Crippen LogP contribution in [0, 0.1) is 6.92 Å². The molecule has 0 N–H and O–H groups in total. The Kier molecular flexibility index (Phi) is 14.7. The molecule has 0 saturated carbocycles. The summed E-state index contributed by atoms with van der Waals surface area (Å²) in [4.78, 5) is 0. The van der Waals surface area contributed by atoms with E-state index in [0.717, 1.165) is 0 Å². The van der Waals surface area contributed by atoms with Gasteiger partial charge in [0, 0.05) is 0 Å². The number of aryl methyl sites for hydroxylation is 2. The monoisotopic (exact) mass is 594 g/mol. The Bertz CT molecular complexity index is 1300. The number of benzene rings is 3. The van der Waals surface area contributed by atoms with Gasteiger partial charge >= 0.3 is 41.9 Å². The topological polar surface area (TPSA) is 0 Å². The van der Waals surface area contributed by atoms with Crippen molar-refractivity contribution in [1.29, 1.82) is 0 Å². The van der Waals surface area contributed by atoms with Crippen LogP contribution >= 0.6 is 0 Å². The van der Waals surface area contributed by atoms with Crippen molar-refractivity contribution in [3.05, 3.63) is 108 Å². The normalized spacial score (nSPS) is 9.77. The molecule has 0 saturated heterocycles. The summed E-state index contributed by atoms with van der Waals surface area (Å²) in [5, 5.41) is 5.51. The van der Waals surface area contributed by atoms with Gasteiger partial charge < -0.3 is 24.8 Å². The SMILES string of the molecule is CCCCc1c[cH-]c2ccccc12.C[Si](C)=[Zr+2].Cc1cc2c(-c3ccccc3)cccc2[cH-]1.[Cl-].[Cl-]. The van der Waals surface area contributed by atoms with E-state index in [1.807, 2.05) is 0 Å². The Balaban J connectivity index is 0.000000294. The Morgan fingerprint density at radius 2 is 1.43 bits per heavy atom. The Morgan fingerprint density at radius 3 is 2.11 bits per heavy atom. The van der Waals surface area contributed by atoms with Crippen molar-refractivity contribution in [3.8, 4) is 11.1 Å². The van der Waals surface area contributed by atoms with E-state index in [1.54, 1.807) is 23.3 Å². The first-order valence-corrected chi connectivity index (χ1v) is 18.0. The maximum Gasteiger partial charge on any atom is -0.0279 e. The molecular weight excluding hydrogens is 563 g/mol. The van der Waals surface area contributed by atoms with Crippen molar-refractivity contribution in [2.75, 3.05) is 0 Å². The third kappa shape index (κ3) is 9.51. The van der Waals surface area contributed by atoms with Gasteiger partial charge in [0.05, 0.1) is 0 Å². The molecule has 4 heteroatoms. The number of hydrogen-bond donors (Lipinski definition) is 0. The van der Waals surface area contributed by atoms with Crippen molar-refractivity contribution < 1.29 is 48.1 Å². The Labute approximate surface area is 239 Å². The zero-order valence-corrected chi connectivity index (χ0v) is 26.1. The molecule has 5 aromatic rings. The molecule has 0 nitrogen and oxygen atoms in total. The van der Waals surface area contributed by atoms with E-state index >= 15 is 0 Å². The fourth-order valence-corrected chi connectivity index (χ4v) is 4.05. The van der Waals surface area contributed by atoms with Gasteiger partial charge in [0.25, 0.3) is 0 Å². The first kappa shape index (κ1) is 31.6. The molecule has 0 spiro atoms. The van der Waals surface area contributed by atoms with Crippen molar-refractivity contribution in [1.82, 2.24) is 0 Å². The average molecular weight is 597 g/mol. The van der Waals surface area contributed by atoms with Crippen molar-refractivity contribution >= 4 is 27.0 Å². The Hall–Kier alpha value is -1.44. The van der Waals surface area contributed by atoms with Gasteiger partial charge in [-0.3, -0.25) is 0 Å². The van der Waals surface area contributed by atoms with Gasteiger partial charge in [-0.15, -0.1) is 75.6 Å². The van der Waals surface area contributed by atoms with Gasteiger partial charge in [0.2, 0.25) is 0 Å². The number of fused-ring (bicyclic) bond motifs is 2. The van der Waals surface area contributed by atoms with E-state index in [4.69, 9.17) is 0 Å². The molecule has 0 unspecified atom stereocenters. The second-order valence-corrected chi connectivity index (χ2v) is 18.1. The summed E-state index contributed by atoms with van der Waals surface area (Å²) in [7, 11) is 0. The van der Waals surface area contributed by atoms with Gasteiger partial charge in [-0.2, -0.15) is 11.6 Å². The first-order valence-electron chi connectivity index (χ1n) is 11.9. The minimum Gasteiger partial charge on any atom is -1.00 e. The second kappa shape index (κ2) is 16.3. The third-order valence-electron chi connectivity index (χ3n) is 5.55. The summed E-state index contributed by atoms with van der Waals surface area (Å²) in [5.41, 5.74) is 5.67. The van der Waals surface area contributed by atoms with E-state index < -0.39 is 0 Å². The molecule has 182 valence electrons. The van der Waals surface area contributed by atoms with Crippen LogP contribution in [0.5, 0.6) is 0 Å². The zero-order chi connectivity index (χ0) is 23.6. The van der Waals surface area contributed by atoms with Crippen LogP contribution in [-0.2, 0) is 29.8 Å². The number of hydrogen-bond acceptors (Lipinski definition) is 0. The van der Waals surface area contributed by atoms with E-state index in [1.165, 1.54) is 63.1 Å². The number of halogens is 2. The molecule has 0 fully saturated rings. The molecule has 35 heavy (non-hydrogen) atoms. The molecule has 0 heterocycles. The van der Waals surface area contributed by atoms with Crippen LogP contribution in [0.1, 0.15) is 30.9 Å². The molecule has 0 bridgehead atoms. The molecule has 0 aromatic heterocycles. The standard InChI is InChI=1S/C16H13.C13H15.C2H6Si.2ClH.Zr/c1-12-10-14-8-5-9-15(16(14)11-12)13-6-3-2-4-7-13;1-2-3-6-11-9-10-12-7-4-5-8-13(11)12;1-3-2;;;/h2-11H,1H3;4-5,7-10H,2-3,6H2,1H3;1-2H3;2*1H;/q2*-1;;;;+2/p-2. The molecule has 5 aromatic carbocycles. The first-order chi connectivity index (χ1) is 16.0. The van der Waals surface area contributed by atoms with Gasteiger partial charge in [-0.1, -0.05) is 81.1 Å². The molecule has 0 aliphatic rings. The summed E-state index contributed by atoms with van der Waals surface area (Å²) >= 11 is 1.74. The van der Waals surface area contributed by atoms with E-state index in [2.05, 4.69) is 124 Å². The molecule has 5 rings (SSSR count). The predicted molar refractivity (Wildman–Crippen MR) is 145 cm³/mol. The number of unbranched alkanes of at least 4 members (excludes halogenated alkanes) is 1. The maximum atomic E-state index is 2.31. The minimum absolute atomic E-state index is 0. The summed E-state index contributed by atoms with van der Waals surface area (Å²) in [6.45, 7) is 9.01. The minimum atomic E-state index is 0. The van der Waals surface area contributed by atoms with Crippen LogP contribution < -0.4 is 24.8 Å². The van der Waals surface area contributed by atoms with Gasteiger partial charge in [0.1, 0.15) is 0 Å². The Morgan fingerprint density at radius 1 is 0.800 bits per heavy atom. The second-order valence-electron chi connectivity index (χ2n) is 8.76. The zero-order valence-electron chi connectivity index (χ0n) is 21.1. The quantitative estimate of drug-likeness (QED) is 0.221. The maximum absolute atomic E-state index is 2.31. The average Bonchev–Trinajstić information content (AvgIpc) is 3.40. The van der Waals surface area contributed by atoms with Crippen molar-refractivity contribution in [2.24, 2.45) is 0 Å². The van der Waals surface area contributed by atoms with E-state index in [0.29, 0.717) is 0 Å². The van der Waals surface area contributed by atoms with Crippen LogP contribution in [-0.4, -0.2) is 5.43 Å². The molecule has 0 aliphatic heterocycles. The smallest absolute Gasteiger partial charge is 0.0279 e. The summed E-state index contributed by atoms with van der Waals surface area (Å²) < 4.78 is 0. The summed E-state index contributed by atoms with van der Waals surface area (Å²) in [6.07, 6.45) is 3.80. The third-order valence-corrected chi connectivity index (χ3v) is 5.55. The van der Waals surface area contributed by atoms with Gasteiger partial charge in [-0.05, 0) is 5.56 Å². The van der Waals surface area contributed by atoms with Crippen molar-refractivity contribution in [2.45, 2.75) is 46.2 Å². The summed E-state index contributed by atoms with van der Waals surface area (Å²) in [5.74, 6) is 0. The van der Waals surface area contributed by atoms with Crippen LogP contribution in [0.2, 0.25) is 13.1 Å². The summed E-state index contributed by atoms with van der Waals surface area (Å²) in [6, 6.07) is 34.7. The van der Waals surface area contributed by atoms with Crippen molar-refractivity contribution in [3.63, 3.8) is 0 Å². The molecule has 0 atom stereocenters. The number of rotatable bonds is 4. The van der Waals surface area contributed by atoms with E-state index in [-0.39, 0.29) is 30.2 Å². The van der Waals surface area contributed by atoms with Crippen LogP contribution in [0.15, 0.2) is 97.1 Å². The van der Waals surface area contributed by atoms with E-state index in [9.17, 15) is 0 Å². The molecule has 0 amide bonds. The molecular formula is C31H34Cl2SiZr-2. The molecule has 0 aliphatic carbocycles.